The lowest BCUT2D eigenvalue weighted by Gasteiger charge is -2.26. The topological polar surface area (TPSA) is 32.3 Å². The molecule has 0 amide bonds. The molecule has 1 aliphatic heterocycles. The normalized spacial score (nSPS) is 18.9. The first-order valence-corrected chi connectivity index (χ1v) is 8.14. The molecular weight excluding hydrogens is 268 g/mol. The molecule has 1 heterocycles. The highest BCUT2D eigenvalue weighted by Gasteiger charge is 2.20. The van der Waals surface area contributed by atoms with E-state index in [0.717, 1.165) is 35.5 Å². The summed E-state index contributed by atoms with van der Waals surface area (Å²) in [7, 11) is -1.11. The van der Waals surface area contributed by atoms with Gasteiger partial charge in [0.1, 0.15) is 11.0 Å². The van der Waals surface area contributed by atoms with E-state index < -0.39 is 11.0 Å². The lowest BCUT2D eigenvalue weighted by molar-refractivity contribution is 0.347. The van der Waals surface area contributed by atoms with Gasteiger partial charge in [-0.05, 0) is 44.0 Å². The van der Waals surface area contributed by atoms with Crippen molar-refractivity contribution in [3.63, 3.8) is 0 Å². The molecule has 1 aromatic carbocycles. The molecule has 2 rings (SSSR count). The molecule has 0 spiro atoms. The van der Waals surface area contributed by atoms with Crippen molar-refractivity contribution in [2.75, 3.05) is 19.8 Å². The second kappa shape index (κ2) is 7.53. The number of allylic oxidation sites excluding steroid dienone is 2. The van der Waals surface area contributed by atoms with E-state index in [-0.39, 0.29) is 0 Å². The average molecular weight is 290 g/mol. The smallest absolute Gasteiger partial charge is 0.129 e. The minimum Gasteiger partial charge on any atom is -0.303 e. The maximum atomic E-state index is 12.8. The zero-order valence-electron chi connectivity index (χ0n) is 12.1. The van der Waals surface area contributed by atoms with Crippen LogP contribution in [0.25, 0.3) is 12.2 Å². The minimum atomic E-state index is -1.11. The minimum absolute atomic E-state index is 0.690. The number of rotatable bonds is 4. The first-order valence-electron chi connectivity index (χ1n) is 7.04. The Morgan fingerprint density at radius 1 is 1.25 bits per heavy atom. The summed E-state index contributed by atoms with van der Waals surface area (Å²) in [4.78, 5) is 0.891. The molecule has 1 fully saturated rings. The highest BCUT2D eigenvalue weighted by molar-refractivity contribution is 7.82. The van der Waals surface area contributed by atoms with E-state index in [1.807, 2.05) is 48.5 Å². The molecule has 1 unspecified atom stereocenters. The van der Waals surface area contributed by atoms with Crippen LogP contribution in [0.3, 0.4) is 0 Å². The Balaban J connectivity index is 2.39. The van der Waals surface area contributed by atoms with Crippen molar-refractivity contribution in [2.24, 2.45) is 0 Å². The summed E-state index contributed by atoms with van der Waals surface area (Å²) in [6.07, 6.45) is 9.15. The molecular formula is C16H22N2OS. The Bertz CT molecular complexity index is 531. The number of nitrogens with one attached hydrogen (secondary N) is 1. The van der Waals surface area contributed by atoms with Gasteiger partial charge in [-0.3, -0.25) is 0 Å². The van der Waals surface area contributed by atoms with Gasteiger partial charge in [-0.15, -0.1) is 0 Å². The Labute approximate surface area is 124 Å². The van der Waals surface area contributed by atoms with Crippen molar-refractivity contribution in [1.82, 2.24) is 9.62 Å². The molecule has 1 N–H and O–H groups in total. The van der Waals surface area contributed by atoms with Crippen LogP contribution in [-0.4, -0.2) is 28.3 Å². The van der Waals surface area contributed by atoms with Crippen LogP contribution in [0.2, 0.25) is 0 Å². The molecule has 0 bridgehead atoms. The molecule has 1 atom stereocenters. The molecule has 108 valence electrons. The fourth-order valence-corrected chi connectivity index (χ4v) is 3.68. The molecule has 3 nitrogen and oxygen atoms in total. The summed E-state index contributed by atoms with van der Waals surface area (Å²) in [6, 6.07) is 6.00. The van der Waals surface area contributed by atoms with Gasteiger partial charge in [-0.1, -0.05) is 36.4 Å². The van der Waals surface area contributed by atoms with E-state index in [9.17, 15) is 4.21 Å². The van der Waals surface area contributed by atoms with E-state index in [0.29, 0.717) is 6.67 Å². The van der Waals surface area contributed by atoms with Gasteiger partial charge in [-0.25, -0.2) is 8.51 Å². The maximum absolute atomic E-state index is 12.8. The van der Waals surface area contributed by atoms with Crippen LogP contribution in [0.5, 0.6) is 0 Å². The van der Waals surface area contributed by atoms with Gasteiger partial charge in [0, 0.05) is 6.54 Å². The fourth-order valence-electron chi connectivity index (χ4n) is 2.33. The predicted molar refractivity (Wildman–Crippen MR) is 86.5 cm³/mol. The molecule has 0 aromatic heterocycles. The van der Waals surface area contributed by atoms with E-state index in [1.165, 1.54) is 0 Å². The Morgan fingerprint density at radius 2 is 2.05 bits per heavy atom. The Hall–Kier alpha value is -1.23. The van der Waals surface area contributed by atoms with Crippen LogP contribution in [0.1, 0.15) is 31.4 Å². The molecule has 4 heteroatoms. The second-order valence-corrected chi connectivity index (χ2v) is 6.18. The largest absolute Gasteiger partial charge is 0.303 e. The van der Waals surface area contributed by atoms with Crippen molar-refractivity contribution in [2.45, 2.75) is 25.2 Å². The molecule has 1 aromatic rings. The zero-order valence-corrected chi connectivity index (χ0v) is 13.0. The Kier molecular flexibility index (Phi) is 5.71. The van der Waals surface area contributed by atoms with Crippen LogP contribution in [0, 0.1) is 0 Å². The molecule has 1 saturated heterocycles. The van der Waals surface area contributed by atoms with E-state index >= 15 is 0 Å². The van der Waals surface area contributed by atoms with Gasteiger partial charge >= 0.3 is 0 Å². The van der Waals surface area contributed by atoms with Crippen LogP contribution in [0.4, 0.5) is 0 Å². The van der Waals surface area contributed by atoms with Crippen LogP contribution >= 0.6 is 0 Å². The first-order chi connectivity index (χ1) is 9.77. The van der Waals surface area contributed by atoms with Gasteiger partial charge in [0.25, 0.3) is 0 Å². The van der Waals surface area contributed by atoms with Gasteiger partial charge in [0.15, 0.2) is 0 Å². The van der Waals surface area contributed by atoms with Crippen molar-refractivity contribution in [1.29, 1.82) is 0 Å². The monoisotopic (exact) mass is 290 g/mol. The molecule has 0 radical (unpaired) electrons. The van der Waals surface area contributed by atoms with Gasteiger partial charge < -0.3 is 5.32 Å². The van der Waals surface area contributed by atoms with Crippen LogP contribution in [-0.2, 0) is 11.0 Å². The predicted octanol–water partition coefficient (Wildman–Crippen LogP) is 3.03. The number of hydrogen-bond donors (Lipinski definition) is 1. The summed E-state index contributed by atoms with van der Waals surface area (Å²) in [5.41, 5.74) is 2.17. The molecule has 0 aliphatic carbocycles. The van der Waals surface area contributed by atoms with Crippen LogP contribution in [0.15, 0.2) is 35.2 Å². The van der Waals surface area contributed by atoms with Gasteiger partial charge in [0.2, 0.25) is 0 Å². The van der Waals surface area contributed by atoms with Gasteiger partial charge in [-0.2, -0.15) is 0 Å². The van der Waals surface area contributed by atoms with Crippen molar-refractivity contribution < 1.29 is 4.21 Å². The Morgan fingerprint density at radius 3 is 2.70 bits per heavy atom. The lowest BCUT2D eigenvalue weighted by Crippen LogP contribution is -2.42. The number of nitrogens with zero attached hydrogens (tertiary/aromatic N) is 1. The number of hydrogen-bond acceptors (Lipinski definition) is 2. The highest BCUT2D eigenvalue weighted by atomic mass is 32.2. The maximum Gasteiger partial charge on any atom is 0.129 e. The first kappa shape index (κ1) is 15.2. The average Bonchev–Trinajstić information content (AvgIpc) is 2.49. The third-order valence-corrected chi connectivity index (χ3v) is 4.76. The molecule has 0 saturated carbocycles. The van der Waals surface area contributed by atoms with Gasteiger partial charge in [0.05, 0.1) is 11.6 Å². The molecule has 1 aliphatic rings. The van der Waals surface area contributed by atoms with E-state index in [4.69, 9.17) is 0 Å². The third-order valence-electron chi connectivity index (χ3n) is 3.25. The molecule has 20 heavy (non-hydrogen) atoms. The van der Waals surface area contributed by atoms with E-state index in [1.54, 1.807) is 0 Å². The lowest BCUT2D eigenvalue weighted by atomic mass is 10.1. The number of benzene rings is 1. The SMILES string of the molecule is C/C=C\c1cccc(S(=O)N2CCCNC2)c1/C=C\C. The van der Waals surface area contributed by atoms with Crippen LogP contribution < -0.4 is 5.32 Å². The summed E-state index contributed by atoms with van der Waals surface area (Å²) < 4.78 is 14.8. The van der Waals surface area contributed by atoms with E-state index in [2.05, 4.69) is 17.5 Å². The summed E-state index contributed by atoms with van der Waals surface area (Å²) in [6.45, 7) is 6.56. The second-order valence-electron chi connectivity index (χ2n) is 4.73. The fraction of sp³-hybridized carbons (Fsp3) is 0.375. The standard InChI is InChI=1S/C16H22N2OS/c1-3-7-14-9-5-10-16(15(14)8-4-2)20(19)18-12-6-11-17-13-18/h3-5,7-10,17H,6,11-13H2,1-2H3/b7-3-,8-4-. The summed E-state index contributed by atoms with van der Waals surface area (Å²) in [5.74, 6) is 0. The van der Waals surface area contributed by atoms with Crippen molar-refractivity contribution in [3.8, 4) is 0 Å². The summed E-state index contributed by atoms with van der Waals surface area (Å²) in [5, 5.41) is 3.28. The highest BCUT2D eigenvalue weighted by Crippen LogP contribution is 2.23. The quantitative estimate of drug-likeness (QED) is 0.924. The van der Waals surface area contributed by atoms with Crippen molar-refractivity contribution in [3.05, 3.63) is 41.5 Å². The zero-order chi connectivity index (χ0) is 14.4. The third kappa shape index (κ3) is 3.45. The summed E-state index contributed by atoms with van der Waals surface area (Å²) >= 11 is 0. The van der Waals surface area contributed by atoms with Crippen molar-refractivity contribution >= 4 is 23.1 Å².